The number of fused-ring (bicyclic) bond motifs is 1. The van der Waals surface area contributed by atoms with Crippen LogP contribution >= 0.6 is 23.4 Å². The van der Waals surface area contributed by atoms with Crippen LogP contribution in [0.4, 0.5) is 11.4 Å². The minimum absolute atomic E-state index is 0.0325. The molecule has 1 unspecified atom stereocenters. The van der Waals surface area contributed by atoms with Gasteiger partial charge >= 0.3 is 0 Å². The van der Waals surface area contributed by atoms with Gasteiger partial charge in [-0.1, -0.05) is 78.3 Å². The molecule has 10 heteroatoms. The lowest BCUT2D eigenvalue weighted by Crippen LogP contribution is -2.30. The molecule has 5 aromatic carbocycles. The van der Waals surface area contributed by atoms with Gasteiger partial charge < -0.3 is 25.4 Å². The Morgan fingerprint density at radius 2 is 1.42 bits per heavy atom. The monoisotopic (exact) mass is 675 g/mol. The number of anilines is 2. The number of rotatable bonds is 10. The second-order valence-corrected chi connectivity index (χ2v) is 12.3. The van der Waals surface area contributed by atoms with Crippen molar-refractivity contribution in [3.8, 4) is 11.5 Å². The largest absolute Gasteiger partial charge is 0.486 e. The van der Waals surface area contributed by atoms with Crippen molar-refractivity contribution in [3.05, 3.63) is 155 Å². The van der Waals surface area contributed by atoms with Crippen molar-refractivity contribution >= 4 is 58.5 Å². The van der Waals surface area contributed by atoms with Gasteiger partial charge in [-0.2, -0.15) is 0 Å². The number of carbonyl (C=O) groups excluding carboxylic acids is 3. The first-order valence-corrected chi connectivity index (χ1v) is 16.3. The molecule has 0 radical (unpaired) electrons. The van der Waals surface area contributed by atoms with Crippen molar-refractivity contribution < 1.29 is 23.9 Å². The molecule has 0 spiro atoms. The van der Waals surface area contributed by atoms with E-state index in [1.807, 2.05) is 42.5 Å². The summed E-state index contributed by atoms with van der Waals surface area (Å²) in [6.07, 6.45) is 1.56. The van der Waals surface area contributed by atoms with Gasteiger partial charge in [-0.15, -0.1) is 11.8 Å². The summed E-state index contributed by atoms with van der Waals surface area (Å²) in [5.41, 5.74) is 2.95. The van der Waals surface area contributed by atoms with E-state index in [-0.39, 0.29) is 11.6 Å². The average molecular weight is 676 g/mol. The number of hydrogen-bond acceptors (Lipinski definition) is 6. The number of halogens is 1. The lowest BCUT2D eigenvalue weighted by molar-refractivity contribution is -0.116. The zero-order valence-corrected chi connectivity index (χ0v) is 27.1. The number of ether oxygens (including phenoxy) is 2. The molecule has 1 aliphatic heterocycles. The van der Waals surface area contributed by atoms with E-state index in [0.29, 0.717) is 52.2 Å². The molecule has 5 aromatic rings. The average Bonchev–Trinajstić information content (AvgIpc) is 3.11. The molecule has 3 N–H and O–H groups in total. The van der Waals surface area contributed by atoms with Crippen LogP contribution in [0.15, 0.2) is 138 Å². The van der Waals surface area contributed by atoms with Gasteiger partial charge in [0.25, 0.3) is 11.8 Å². The van der Waals surface area contributed by atoms with Crippen molar-refractivity contribution in [2.24, 2.45) is 0 Å². The van der Waals surface area contributed by atoms with Gasteiger partial charge in [0.2, 0.25) is 5.91 Å². The Morgan fingerprint density at radius 1 is 0.708 bits per heavy atom. The zero-order valence-electron chi connectivity index (χ0n) is 25.5. The molecular weight excluding hydrogens is 646 g/mol. The molecule has 0 bridgehead atoms. The maximum absolute atomic E-state index is 13.7. The lowest BCUT2D eigenvalue weighted by Gasteiger charge is -2.20. The Bertz CT molecular complexity index is 1970. The van der Waals surface area contributed by atoms with Gasteiger partial charge in [0.1, 0.15) is 24.2 Å². The van der Waals surface area contributed by atoms with Crippen molar-refractivity contribution in [1.82, 2.24) is 5.32 Å². The van der Waals surface area contributed by atoms with E-state index in [1.165, 1.54) is 11.8 Å². The molecule has 6 rings (SSSR count). The van der Waals surface area contributed by atoms with E-state index >= 15 is 0 Å². The number of hydrogen-bond donors (Lipinski definition) is 3. The molecule has 0 aliphatic carbocycles. The summed E-state index contributed by atoms with van der Waals surface area (Å²) in [4.78, 5) is 41.1. The highest BCUT2D eigenvalue weighted by Crippen LogP contribution is 2.38. The number of nitrogens with one attached hydrogen (secondary N) is 3. The number of thioether (sulfide) groups is 1. The van der Waals surface area contributed by atoms with Crippen LogP contribution in [0.3, 0.4) is 0 Å². The van der Waals surface area contributed by atoms with Crippen LogP contribution in [0.25, 0.3) is 6.08 Å². The van der Waals surface area contributed by atoms with Gasteiger partial charge in [0.15, 0.2) is 11.5 Å². The van der Waals surface area contributed by atoms with E-state index in [4.69, 9.17) is 21.1 Å². The van der Waals surface area contributed by atoms with E-state index in [9.17, 15) is 14.4 Å². The molecular formula is C38H30ClN3O5S. The van der Waals surface area contributed by atoms with Crippen molar-refractivity contribution in [3.63, 3.8) is 0 Å². The van der Waals surface area contributed by atoms with Crippen LogP contribution in [0.2, 0.25) is 5.02 Å². The van der Waals surface area contributed by atoms with Crippen LogP contribution in [0.1, 0.15) is 26.7 Å². The first-order valence-electron chi connectivity index (χ1n) is 15.1. The van der Waals surface area contributed by atoms with E-state index in [0.717, 1.165) is 10.5 Å². The van der Waals surface area contributed by atoms with Gasteiger partial charge in [-0.25, -0.2) is 0 Å². The Balaban J connectivity index is 1.22. The summed E-state index contributed by atoms with van der Waals surface area (Å²) >= 11 is 7.52. The molecule has 1 atom stereocenters. The molecule has 8 nitrogen and oxygen atoms in total. The Hall–Kier alpha value is -5.51. The van der Waals surface area contributed by atoms with Crippen LogP contribution < -0.4 is 25.4 Å². The third-order valence-electron chi connectivity index (χ3n) is 7.18. The smallest absolute Gasteiger partial charge is 0.272 e. The fourth-order valence-corrected chi connectivity index (χ4v) is 6.20. The van der Waals surface area contributed by atoms with Gasteiger partial charge in [0.05, 0.1) is 0 Å². The summed E-state index contributed by atoms with van der Waals surface area (Å²) in [6.45, 7) is 0.920. The Morgan fingerprint density at radius 3 is 2.19 bits per heavy atom. The summed E-state index contributed by atoms with van der Waals surface area (Å²) in [7, 11) is 0. The number of amides is 3. The molecule has 0 saturated carbocycles. The summed E-state index contributed by atoms with van der Waals surface area (Å²) in [5.74, 6) is 0.0237. The third-order valence-corrected chi connectivity index (χ3v) is 8.67. The minimum atomic E-state index is -0.617. The molecule has 48 heavy (non-hydrogen) atoms. The van der Waals surface area contributed by atoms with Crippen LogP contribution in [0, 0.1) is 0 Å². The molecule has 3 amide bonds. The van der Waals surface area contributed by atoms with Crippen LogP contribution in [0.5, 0.6) is 11.5 Å². The predicted molar refractivity (Wildman–Crippen MR) is 190 cm³/mol. The molecule has 0 aromatic heterocycles. The first kappa shape index (κ1) is 32.4. The Kier molecular flexibility index (Phi) is 10.4. The summed E-state index contributed by atoms with van der Waals surface area (Å²) < 4.78 is 11.3. The fraction of sp³-hybridized carbons (Fsp3) is 0.0789. The highest BCUT2D eigenvalue weighted by atomic mass is 35.5. The molecule has 0 fully saturated rings. The quantitative estimate of drug-likeness (QED) is 0.102. The van der Waals surface area contributed by atoms with Crippen LogP contribution in [-0.2, 0) is 9.59 Å². The van der Waals surface area contributed by atoms with Gasteiger partial charge in [0, 0.05) is 32.9 Å². The first-order chi connectivity index (χ1) is 23.4. The van der Waals surface area contributed by atoms with Crippen molar-refractivity contribution in [2.75, 3.05) is 23.8 Å². The SMILES string of the molecule is O=C(Nc1cccc(SC(C(=O)Nc2ccc3c(c2)OCCO3)c2ccccc2)c1)/C(=C/c1cccc(Cl)c1)NC(=O)c1ccccc1. The predicted octanol–water partition coefficient (Wildman–Crippen LogP) is 7.99. The maximum Gasteiger partial charge on any atom is 0.272 e. The summed E-state index contributed by atoms with van der Waals surface area (Å²) in [6, 6.07) is 37.5. The highest BCUT2D eigenvalue weighted by molar-refractivity contribution is 8.00. The molecule has 240 valence electrons. The minimum Gasteiger partial charge on any atom is -0.486 e. The standard InChI is InChI=1S/C38H30ClN3O5S/c39-28-14-7-9-25(21-28)22-32(42-36(43)27-12-5-2-6-13-27)37(44)40-29-15-8-16-31(23-29)48-35(26-10-3-1-4-11-26)38(45)41-30-17-18-33-34(24-30)47-20-19-46-33/h1-18,21-24,35H,19-20H2,(H,40,44)(H,41,45)(H,42,43)/b32-22-. The topological polar surface area (TPSA) is 106 Å². The second-order valence-electron chi connectivity index (χ2n) is 10.7. The van der Waals surface area contributed by atoms with E-state index in [1.54, 1.807) is 91.0 Å². The van der Waals surface area contributed by atoms with Crippen molar-refractivity contribution in [1.29, 1.82) is 0 Å². The second kappa shape index (κ2) is 15.4. The molecule has 1 heterocycles. The highest BCUT2D eigenvalue weighted by Gasteiger charge is 2.24. The lowest BCUT2D eigenvalue weighted by atomic mass is 10.1. The van der Waals surface area contributed by atoms with Gasteiger partial charge in [-0.3, -0.25) is 14.4 Å². The molecule has 1 aliphatic rings. The van der Waals surface area contributed by atoms with Gasteiger partial charge in [-0.05, 0) is 71.8 Å². The Labute approximate surface area is 287 Å². The maximum atomic E-state index is 13.7. The normalized spacial score (nSPS) is 12.8. The summed E-state index contributed by atoms with van der Waals surface area (Å²) in [5, 5.41) is 8.52. The van der Waals surface area contributed by atoms with Crippen LogP contribution in [-0.4, -0.2) is 30.9 Å². The molecule has 0 saturated heterocycles. The van der Waals surface area contributed by atoms with E-state index in [2.05, 4.69) is 16.0 Å². The number of carbonyl (C=O) groups is 3. The van der Waals surface area contributed by atoms with Crippen molar-refractivity contribution in [2.45, 2.75) is 10.1 Å². The third kappa shape index (κ3) is 8.44. The number of benzene rings is 5. The van der Waals surface area contributed by atoms with E-state index < -0.39 is 17.1 Å². The zero-order chi connectivity index (χ0) is 33.3. The fourth-order valence-electron chi connectivity index (χ4n) is 4.92.